The van der Waals surface area contributed by atoms with Crippen LogP contribution in [0.3, 0.4) is 0 Å². The Kier molecular flexibility index (Phi) is 9.61. The molecular weight excluding hydrogens is 536 g/mol. The van der Waals surface area contributed by atoms with Gasteiger partial charge in [0.15, 0.2) is 0 Å². The number of carbonyl (C=O) groups excluding carboxylic acids is 4. The van der Waals surface area contributed by atoms with E-state index < -0.39 is 36.3 Å². The van der Waals surface area contributed by atoms with Gasteiger partial charge in [0.25, 0.3) is 5.91 Å². The fourth-order valence-electron chi connectivity index (χ4n) is 6.06. The Morgan fingerprint density at radius 1 is 1.18 bits per heavy atom. The van der Waals surface area contributed by atoms with Crippen LogP contribution in [0.5, 0.6) is 0 Å². The number of nitrogen functional groups attached to an aromatic ring is 1. The second-order valence-corrected chi connectivity index (χ2v) is 12.2. The summed E-state index contributed by atoms with van der Waals surface area (Å²) in [6.45, 7) is 8.53. The van der Waals surface area contributed by atoms with Crippen LogP contribution in [0.1, 0.15) is 76.6 Å². The van der Waals surface area contributed by atoms with Gasteiger partial charge in [-0.1, -0.05) is 38.8 Å². The number of nitrogens with two attached hydrogens (primary N) is 1. The third kappa shape index (κ3) is 6.89. The number of ether oxygens (including phenoxy) is 2. The number of anilines is 1. The van der Waals surface area contributed by atoms with Crippen LogP contribution in [-0.4, -0.2) is 65.7 Å². The van der Waals surface area contributed by atoms with Gasteiger partial charge in [0.1, 0.15) is 18.1 Å². The highest BCUT2D eigenvalue weighted by Gasteiger charge is 2.44. The van der Waals surface area contributed by atoms with Gasteiger partial charge in [-0.05, 0) is 68.6 Å². The van der Waals surface area contributed by atoms with Gasteiger partial charge < -0.3 is 30.7 Å². The van der Waals surface area contributed by atoms with E-state index in [0.717, 1.165) is 19.3 Å². The minimum Gasteiger partial charge on any atom is -0.433 e. The number of carbonyl (C=O) groups is 4. The van der Waals surface area contributed by atoms with Crippen LogP contribution in [0.2, 0.25) is 5.02 Å². The van der Waals surface area contributed by atoms with E-state index >= 15 is 0 Å². The average Bonchev–Trinajstić information content (AvgIpc) is 3.51. The van der Waals surface area contributed by atoms with Crippen molar-refractivity contribution in [3.63, 3.8) is 0 Å². The summed E-state index contributed by atoms with van der Waals surface area (Å²) in [5, 5.41) is 5.86. The summed E-state index contributed by atoms with van der Waals surface area (Å²) >= 11 is 6.02. The Balaban J connectivity index is 1.37. The zero-order valence-electron chi connectivity index (χ0n) is 23.7. The molecule has 4 rings (SSSR count). The maximum Gasteiger partial charge on any atom is 0.310 e. The number of amides is 3. The van der Waals surface area contributed by atoms with Gasteiger partial charge >= 0.3 is 5.97 Å². The Labute approximate surface area is 240 Å². The summed E-state index contributed by atoms with van der Waals surface area (Å²) in [4.78, 5) is 53.1. The van der Waals surface area contributed by atoms with E-state index in [1.165, 1.54) is 23.1 Å². The van der Waals surface area contributed by atoms with E-state index in [2.05, 4.69) is 31.4 Å². The number of hydrogen-bond acceptors (Lipinski definition) is 7. The molecule has 0 bridgehead atoms. The molecule has 3 unspecified atom stereocenters. The largest absolute Gasteiger partial charge is 0.433 e. The summed E-state index contributed by atoms with van der Waals surface area (Å²) in [6.07, 6.45) is 3.32. The number of rotatable bonds is 8. The van der Waals surface area contributed by atoms with Crippen LogP contribution >= 0.6 is 11.6 Å². The second-order valence-electron chi connectivity index (χ2n) is 11.8. The molecule has 0 spiro atoms. The third-order valence-electron chi connectivity index (χ3n) is 8.38. The van der Waals surface area contributed by atoms with E-state index in [1.807, 2.05) is 0 Å². The zero-order valence-corrected chi connectivity index (χ0v) is 24.4. The highest BCUT2D eigenvalue weighted by Crippen LogP contribution is 2.37. The standard InChI is InChI=1S/C29H41ClN4O6/c1-15(2)19-9-7-16(3)12-24(19)39-29-22(14-25(35)40-29)33-27(37)23-6-5-11-34(23)28(38)17(4)32-26(36)18-8-10-21(31)20(30)13-18/h8,10,13,15-17,19,22-24,29H,5-7,9,11-12,14,31H2,1-4H3,(H,32,36)(H,33,37)/t16-,17+,19+,22?,23+,24?,29?/m1/s1. The number of halogens is 1. The van der Waals surface area contributed by atoms with Crippen molar-refractivity contribution in [1.29, 1.82) is 0 Å². The Morgan fingerprint density at radius 2 is 1.93 bits per heavy atom. The topological polar surface area (TPSA) is 140 Å². The molecule has 0 radical (unpaired) electrons. The first-order valence-corrected chi connectivity index (χ1v) is 14.6. The number of benzene rings is 1. The Bertz CT molecular complexity index is 1130. The molecule has 3 fully saturated rings. The number of hydrogen-bond donors (Lipinski definition) is 3. The zero-order chi connectivity index (χ0) is 29.1. The van der Waals surface area contributed by atoms with Gasteiger partial charge in [-0.3, -0.25) is 19.2 Å². The smallest absolute Gasteiger partial charge is 0.310 e. The molecule has 11 heteroatoms. The Morgan fingerprint density at radius 3 is 2.62 bits per heavy atom. The second kappa shape index (κ2) is 12.8. The SMILES string of the molecule is CC(C)[C@@H]1CC[C@@H](C)CC1OC1OC(=O)CC1NC(=O)[C@@H]1CCCN1C(=O)[C@H](C)NC(=O)c1ccc(N)c(Cl)c1. The van der Waals surface area contributed by atoms with Crippen LogP contribution in [0.25, 0.3) is 0 Å². The van der Waals surface area contributed by atoms with Crippen LogP contribution in [0, 0.1) is 17.8 Å². The molecule has 2 heterocycles. The normalized spacial score (nSPS) is 29.2. The average molecular weight is 577 g/mol. The van der Waals surface area contributed by atoms with Gasteiger partial charge in [0, 0.05) is 12.1 Å². The van der Waals surface area contributed by atoms with Crippen molar-refractivity contribution >= 4 is 41.0 Å². The highest BCUT2D eigenvalue weighted by molar-refractivity contribution is 6.33. The van der Waals surface area contributed by atoms with Gasteiger partial charge in [-0.2, -0.15) is 0 Å². The fraction of sp³-hybridized carbons (Fsp3) is 0.655. The monoisotopic (exact) mass is 576 g/mol. The molecule has 1 aliphatic carbocycles. The van der Waals surface area contributed by atoms with E-state index in [0.29, 0.717) is 42.8 Å². The van der Waals surface area contributed by atoms with Crippen LogP contribution in [0.15, 0.2) is 18.2 Å². The molecule has 10 nitrogen and oxygen atoms in total. The van der Waals surface area contributed by atoms with E-state index in [1.54, 1.807) is 6.92 Å². The lowest BCUT2D eigenvalue weighted by atomic mass is 9.75. The summed E-state index contributed by atoms with van der Waals surface area (Å²) < 4.78 is 11.9. The molecule has 7 atom stereocenters. The first-order chi connectivity index (χ1) is 18.9. The summed E-state index contributed by atoms with van der Waals surface area (Å²) in [5.74, 6) is -0.308. The first kappa shape index (κ1) is 30.1. The van der Waals surface area contributed by atoms with Gasteiger partial charge in [-0.15, -0.1) is 0 Å². The molecular formula is C29H41ClN4O6. The van der Waals surface area contributed by atoms with E-state index in [4.69, 9.17) is 26.8 Å². The highest BCUT2D eigenvalue weighted by atomic mass is 35.5. The molecule has 1 aromatic carbocycles. The number of cyclic esters (lactones) is 1. The Hall–Kier alpha value is -2.85. The lowest BCUT2D eigenvalue weighted by Crippen LogP contribution is -2.55. The van der Waals surface area contributed by atoms with Crippen molar-refractivity contribution in [2.45, 2.75) is 96.7 Å². The summed E-state index contributed by atoms with van der Waals surface area (Å²) in [6, 6.07) is 2.28. The van der Waals surface area contributed by atoms with Crippen molar-refractivity contribution < 1.29 is 28.7 Å². The van der Waals surface area contributed by atoms with E-state index in [-0.39, 0.29) is 34.9 Å². The predicted octanol–water partition coefficient (Wildman–Crippen LogP) is 3.27. The van der Waals surface area contributed by atoms with Gasteiger partial charge in [0.2, 0.25) is 18.1 Å². The molecule has 220 valence electrons. The lowest BCUT2D eigenvalue weighted by Gasteiger charge is -2.39. The molecule has 3 aliphatic rings. The van der Waals surface area contributed by atoms with Crippen molar-refractivity contribution in [1.82, 2.24) is 15.5 Å². The van der Waals surface area contributed by atoms with Crippen LogP contribution in [0.4, 0.5) is 5.69 Å². The maximum atomic E-state index is 13.4. The first-order valence-electron chi connectivity index (χ1n) is 14.3. The predicted molar refractivity (Wildman–Crippen MR) is 150 cm³/mol. The molecule has 2 aliphatic heterocycles. The molecule has 3 amide bonds. The third-order valence-corrected chi connectivity index (χ3v) is 8.71. The molecule has 40 heavy (non-hydrogen) atoms. The molecule has 0 aromatic heterocycles. The van der Waals surface area contributed by atoms with Crippen LogP contribution < -0.4 is 16.4 Å². The molecule has 4 N–H and O–H groups in total. The maximum absolute atomic E-state index is 13.4. The fourth-order valence-corrected chi connectivity index (χ4v) is 6.24. The number of nitrogens with one attached hydrogen (secondary N) is 2. The van der Waals surface area contributed by atoms with Crippen molar-refractivity contribution in [3.8, 4) is 0 Å². The minimum atomic E-state index is -0.869. The molecule has 1 aromatic rings. The summed E-state index contributed by atoms with van der Waals surface area (Å²) in [7, 11) is 0. The van der Waals surface area contributed by atoms with Crippen molar-refractivity contribution in [2.24, 2.45) is 17.8 Å². The number of nitrogens with zero attached hydrogens (tertiary/aromatic N) is 1. The molecule has 1 saturated carbocycles. The van der Waals surface area contributed by atoms with Crippen LogP contribution in [-0.2, 0) is 23.9 Å². The van der Waals surface area contributed by atoms with Crippen molar-refractivity contribution in [2.75, 3.05) is 12.3 Å². The summed E-state index contributed by atoms with van der Waals surface area (Å²) in [5.41, 5.74) is 6.34. The van der Waals surface area contributed by atoms with E-state index in [9.17, 15) is 19.2 Å². The van der Waals surface area contributed by atoms with Gasteiger partial charge in [-0.25, -0.2) is 0 Å². The number of esters is 1. The number of likely N-dealkylation sites (tertiary alicyclic amines) is 1. The van der Waals surface area contributed by atoms with Gasteiger partial charge in [0.05, 0.1) is 23.2 Å². The quantitative estimate of drug-likeness (QED) is 0.319. The van der Waals surface area contributed by atoms with Crippen molar-refractivity contribution in [3.05, 3.63) is 28.8 Å². The molecule has 2 saturated heterocycles. The minimum absolute atomic E-state index is 0.0162. The lowest BCUT2D eigenvalue weighted by molar-refractivity contribution is -0.191.